The number of fused-ring (bicyclic) bond motifs is 7. The predicted octanol–water partition coefficient (Wildman–Crippen LogP) is 3.75. The number of benzene rings is 3. The van der Waals surface area contributed by atoms with Gasteiger partial charge in [0.1, 0.15) is 0 Å². The molecule has 0 amide bonds. The summed E-state index contributed by atoms with van der Waals surface area (Å²) < 4.78 is 12.5. The molecular weight excluding hydrogens is 372 g/mol. The minimum atomic E-state index is -0.243. The van der Waals surface area contributed by atoms with Crippen LogP contribution in [0, 0.1) is 0 Å². The highest BCUT2D eigenvalue weighted by Crippen LogP contribution is 2.40. The van der Waals surface area contributed by atoms with Crippen molar-refractivity contribution < 1.29 is 19.7 Å². The van der Waals surface area contributed by atoms with Crippen LogP contribution in [0.4, 0.5) is 0 Å². The summed E-state index contributed by atoms with van der Waals surface area (Å²) in [6, 6.07) is 10.4. The maximum Gasteiger partial charge on any atom is 0.258 e. The molecule has 0 radical (unpaired) electrons. The van der Waals surface area contributed by atoms with Gasteiger partial charge in [-0.1, -0.05) is 12.1 Å². The van der Waals surface area contributed by atoms with Gasteiger partial charge in [-0.05, 0) is 23.6 Å². The van der Waals surface area contributed by atoms with E-state index in [1.807, 2.05) is 23.7 Å². The number of aromatic hydroxyl groups is 2. The molecule has 5 aromatic rings. The highest BCUT2D eigenvalue weighted by molar-refractivity contribution is 6.22. The van der Waals surface area contributed by atoms with E-state index in [4.69, 9.17) is 9.47 Å². The molecule has 0 bridgehead atoms. The Morgan fingerprint density at radius 2 is 1.52 bits per heavy atom. The molecule has 2 heterocycles. The molecule has 0 aliphatic carbocycles. The Bertz CT molecular complexity index is 1530. The van der Waals surface area contributed by atoms with Gasteiger partial charge >= 0.3 is 0 Å². The molecular formula is C22H18N2O5. The second-order valence-corrected chi connectivity index (χ2v) is 7.01. The lowest BCUT2D eigenvalue weighted by Gasteiger charge is -2.09. The monoisotopic (exact) mass is 390 g/mol. The second kappa shape index (κ2) is 5.81. The predicted molar refractivity (Wildman–Crippen MR) is 112 cm³/mol. The smallest absolute Gasteiger partial charge is 0.258 e. The largest absolute Gasteiger partial charge is 0.504 e. The summed E-state index contributed by atoms with van der Waals surface area (Å²) in [5, 5.41) is 24.0. The van der Waals surface area contributed by atoms with Gasteiger partial charge in [0.25, 0.3) is 5.56 Å². The van der Waals surface area contributed by atoms with Crippen molar-refractivity contribution in [1.29, 1.82) is 0 Å². The molecule has 0 saturated carbocycles. The molecule has 0 spiro atoms. The number of aromatic amines is 1. The molecule has 3 aromatic carbocycles. The van der Waals surface area contributed by atoms with Crippen LogP contribution in [0.25, 0.3) is 43.5 Å². The molecule has 0 unspecified atom stereocenters. The summed E-state index contributed by atoms with van der Waals surface area (Å²) in [5.41, 5.74) is 1.86. The number of nitrogens with one attached hydrogen (secondary N) is 1. The van der Waals surface area contributed by atoms with Crippen LogP contribution >= 0.6 is 0 Å². The van der Waals surface area contributed by atoms with E-state index in [1.54, 1.807) is 18.2 Å². The summed E-state index contributed by atoms with van der Waals surface area (Å²) in [6.07, 6.45) is 0. The lowest BCUT2D eigenvalue weighted by atomic mass is 10.0. The van der Waals surface area contributed by atoms with Crippen molar-refractivity contribution in [2.24, 2.45) is 7.05 Å². The zero-order valence-electron chi connectivity index (χ0n) is 16.0. The number of hydrogen-bond donors (Lipinski definition) is 3. The van der Waals surface area contributed by atoms with E-state index in [0.29, 0.717) is 22.4 Å². The summed E-state index contributed by atoms with van der Waals surface area (Å²) in [6.45, 7) is 0. The first-order chi connectivity index (χ1) is 13.9. The van der Waals surface area contributed by atoms with E-state index in [0.717, 1.165) is 32.6 Å². The van der Waals surface area contributed by atoms with Gasteiger partial charge in [-0.3, -0.25) is 4.79 Å². The van der Waals surface area contributed by atoms with Crippen LogP contribution in [0.15, 0.2) is 41.2 Å². The fourth-order valence-corrected chi connectivity index (χ4v) is 4.22. The fraction of sp³-hybridized carbons (Fsp3) is 0.136. The Hall–Kier alpha value is -3.87. The number of rotatable bonds is 2. The molecule has 7 nitrogen and oxygen atoms in total. The van der Waals surface area contributed by atoms with Gasteiger partial charge in [-0.25, -0.2) is 0 Å². The van der Waals surface area contributed by atoms with Crippen molar-refractivity contribution in [3.63, 3.8) is 0 Å². The third-order valence-electron chi connectivity index (χ3n) is 5.52. The number of aromatic nitrogens is 2. The summed E-state index contributed by atoms with van der Waals surface area (Å²) >= 11 is 0. The normalized spacial score (nSPS) is 11.7. The van der Waals surface area contributed by atoms with Gasteiger partial charge in [0.05, 0.1) is 36.2 Å². The number of methoxy groups -OCH3 is 2. The van der Waals surface area contributed by atoms with Crippen molar-refractivity contribution in [3.8, 4) is 23.0 Å². The number of phenolic OH excluding ortho intramolecular Hbond substituents is 2. The van der Waals surface area contributed by atoms with E-state index < -0.39 is 0 Å². The highest BCUT2D eigenvalue weighted by Gasteiger charge is 2.19. The molecule has 29 heavy (non-hydrogen) atoms. The Balaban J connectivity index is 2.06. The number of pyridine rings is 1. The molecule has 0 aliphatic heterocycles. The molecule has 0 atom stereocenters. The van der Waals surface area contributed by atoms with Crippen molar-refractivity contribution in [2.75, 3.05) is 14.2 Å². The van der Waals surface area contributed by atoms with Crippen molar-refractivity contribution in [1.82, 2.24) is 9.55 Å². The summed E-state index contributed by atoms with van der Waals surface area (Å²) in [5.74, 6) is 0.703. The topological polar surface area (TPSA) is 96.7 Å². The molecule has 0 aliphatic rings. The van der Waals surface area contributed by atoms with Crippen LogP contribution in [0.2, 0.25) is 0 Å². The van der Waals surface area contributed by atoms with Gasteiger partial charge in [-0.15, -0.1) is 0 Å². The number of hydrogen-bond acceptors (Lipinski definition) is 5. The minimum Gasteiger partial charge on any atom is -0.504 e. The number of nitrogens with zero attached hydrogens (tertiary/aromatic N) is 1. The fourth-order valence-electron chi connectivity index (χ4n) is 4.22. The molecule has 146 valence electrons. The third kappa shape index (κ3) is 2.21. The lowest BCUT2D eigenvalue weighted by Crippen LogP contribution is -2.06. The van der Waals surface area contributed by atoms with Gasteiger partial charge in [-0.2, -0.15) is 0 Å². The Labute approximate surface area is 164 Å². The zero-order chi connectivity index (χ0) is 20.4. The number of H-pyrrole nitrogens is 1. The first kappa shape index (κ1) is 17.2. The van der Waals surface area contributed by atoms with E-state index >= 15 is 0 Å². The third-order valence-corrected chi connectivity index (χ3v) is 5.52. The van der Waals surface area contributed by atoms with Crippen molar-refractivity contribution in [2.45, 2.75) is 0 Å². The number of ether oxygens (including phenoxy) is 2. The SMILES string of the molecule is COc1cc2c(ccc3c4c(=O)[nH]c5cc(O)c(OC)cc5c4n(C)c23)cc1O. The van der Waals surface area contributed by atoms with E-state index in [9.17, 15) is 15.0 Å². The van der Waals surface area contributed by atoms with Crippen LogP contribution < -0.4 is 15.0 Å². The second-order valence-electron chi connectivity index (χ2n) is 7.01. The molecule has 0 fully saturated rings. The van der Waals surface area contributed by atoms with Gasteiger partial charge in [0, 0.05) is 29.3 Å². The standard InChI is InChI=1S/C22H18N2O5/c1-24-20-11(5-4-10-6-15(25)17(28-2)7-12(10)20)19-21(24)13-8-18(29-3)16(26)9-14(13)23-22(19)27/h4-9,25-26H,1-3H3,(H,23,27). The zero-order valence-corrected chi connectivity index (χ0v) is 16.0. The Morgan fingerprint density at radius 1 is 0.862 bits per heavy atom. The molecule has 2 aromatic heterocycles. The van der Waals surface area contributed by atoms with Gasteiger partial charge in [0.15, 0.2) is 23.0 Å². The van der Waals surface area contributed by atoms with Crippen LogP contribution in [-0.4, -0.2) is 34.0 Å². The summed E-state index contributed by atoms with van der Waals surface area (Å²) in [4.78, 5) is 15.8. The quantitative estimate of drug-likeness (QED) is 0.427. The van der Waals surface area contributed by atoms with Crippen LogP contribution in [0.5, 0.6) is 23.0 Å². The molecule has 7 heteroatoms. The van der Waals surface area contributed by atoms with Crippen LogP contribution in [0.1, 0.15) is 0 Å². The Morgan fingerprint density at radius 3 is 2.21 bits per heavy atom. The molecule has 0 saturated heterocycles. The molecule has 5 rings (SSSR count). The van der Waals surface area contributed by atoms with Crippen LogP contribution in [-0.2, 0) is 7.05 Å². The molecule has 3 N–H and O–H groups in total. The highest BCUT2D eigenvalue weighted by atomic mass is 16.5. The van der Waals surface area contributed by atoms with E-state index in [1.165, 1.54) is 20.3 Å². The maximum absolute atomic E-state index is 13.0. The lowest BCUT2D eigenvalue weighted by molar-refractivity contribution is 0.374. The first-order valence-corrected chi connectivity index (χ1v) is 8.99. The average Bonchev–Trinajstić information content (AvgIpc) is 3.01. The minimum absolute atomic E-state index is 0.0422. The van der Waals surface area contributed by atoms with E-state index in [-0.39, 0.29) is 17.1 Å². The van der Waals surface area contributed by atoms with E-state index in [2.05, 4.69) is 4.98 Å². The number of phenols is 2. The van der Waals surface area contributed by atoms with Gasteiger partial charge < -0.3 is 29.2 Å². The van der Waals surface area contributed by atoms with Gasteiger partial charge in [0.2, 0.25) is 0 Å². The average molecular weight is 390 g/mol. The number of aryl methyl sites for hydroxylation is 1. The first-order valence-electron chi connectivity index (χ1n) is 8.99. The summed E-state index contributed by atoms with van der Waals surface area (Å²) in [7, 11) is 4.87. The van der Waals surface area contributed by atoms with Crippen molar-refractivity contribution in [3.05, 3.63) is 46.8 Å². The van der Waals surface area contributed by atoms with Crippen LogP contribution in [0.3, 0.4) is 0 Å². The maximum atomic E-state index is 13.0. The Kier molecular flexibility index (Phi) is 3.46. The van der Waals surface area contributed by atoms with Crippen molar-refractivity contribution >= 4 is 43.5 Å².